The number of anilines is 1. The highest BCUT2D eigenvalue weighted by atomic mass is 16.6. The molecular formula is C11H13N3O4. The van der Waals surface area contributed by atoms with E-state index < -0.39 is 16.9 Å². The molecular weight excluding hydrogens is 238 g/mol. The molecule has 1 saturated heterocycles. The van der Waals surface area contributed by atoms with Gasteiger partial charge in [0.25, 0.3) is 11.6 Å². The number of nitro benzene ring substituents is 1. The molecule has 1 atom stereocenters. The van der Waals surface area contributed by atoms with Crippen LogP contribution in [-0.4, -0.2) is 40.0 Å². The first-order chi connectivity index (χ1) is 8.49. The molecule has 1 unspecified atom stereocenters. The smallest absolute Gasteiger partial charge is 0.282 e. The lowest BCUT2D eigenvalue weighted by molar-refractivity contribution is -0.385. The minimum atomic E-state index is -0.612. The van der Waals surface area contributed by atoms with Crippen molar-refractivity contribution < 1.29 is 14.8 Å². The van der Waals surface area contributed by atoms with Gasteiger partial charge in [-0.15, -0.1) is 0 Å². The Balaban J connectivity index is 2.34. The Bertz CT molecular complexity index is 503. The third-order valence-electron chi connectivity index (χ3n) is 2.90. The minimum absolute atomic E-state index is 0.0332. The number of amides is 1. The van der Waals surface area contributed by atoms with E-state index in [-0.39, 0.29) is 17.8 Å². The normalized spacial score (nSPS) is 18.9. The summed E-state index contributed by atoms with van der Waals surface area (Å²) in [7, 11) is 0. The highest BCUT2D eigenvalue weighted by molar-refractivity contribution is 5.99. The van der Waals surface area contributed by atoms with E-state index in [1.165, 1.54) is 23.1 Å². The van der Waals surface area contributed by atoms with Crippen molar-refractivity contribution in [3.05, 3.63) is 33.9 Å². The van der Waals surface area contributed by atoms with E-state index in [9.17, 15) is 20.0 Å². The van der Waals surface area contributed by atoms with Crippen molar-refractivity contribution in [2.24, 2.45) is 0 Å². The molecule has 0 bridgehead atoms. The zero-order chi connectivity index (χ0) is 13.3. The predicted octanol–water partition coefficient (Wildman–Crippen LogP) is 0.384. The number of carbonyl (C=O) groups is 1. The van der Waals surface area contributed by atoms with E-state index in [2.05, 4.69) is 0 Å². The molecule has 3 N–H and O–H groups in total. The first kappa shape index (κ1) is 12.3. The molecule has 0 radical (unpaired) electrons. The maximum atomic E-state index is 12.1. The number of nitrogen functional groups attached to an aromatic ring is 1. The standard InChI is InChI=1S/C11H13N3O4/c12-7-1-2-10(14(17)18)9(5-7)11(16)13-4-3-8(15)6-13/h1-2,5,8,15H,3-4,6,12H2. The van der Waals surface area contributed by atoms with Crippen molar-refractivity contribution in [1.29, 1.82) is 0 Å². The van der Waals surface area contributed by atoms with Crippen LogP contribution in [0.4, 0.5) is 11.4 Å². The van der Waals surface area contributed by atoms with Crippen molar-refractivity contribution in [2.75, 3.05) is 18.8 Å². The van der Waals surface area contributed by atoms with Crippen LogP contribution in [0, 0.1) is 10.1 Å². The third-order valence-corrected chi connectivity index (χ3v) is 2.90. The number of nitrogens with two attached hydrogens (primary N) is 1. The lowest BCUT2D eigenvalue weighted by Crippen LogP contribution is -2.30. The first-order valence-corrected chi connectivity index (χ1v) is 5.50. The predicted molar refractivity (Wildman–Crippen MR) is 64.0 cm³/mol. The molecule has 1 aromatic carbocycles. The second-order valence-corrected chi connectivity index (χ2v) is 4.23. The number of carbonyl (C=O) groups excluding carboxylic acids is 1. The summed E-state index contributed by atoms with van der Waals surface area (Å²) in [5.74, 6) is -0.467. The van der Waals surface area contributed by atoms with Gasteiger partial charge in [0.1, 0.15) is 5.56 Å². The minimum Gasteiger partial charge on any atom is -0.399 e. The number of nitro groups is 1. The molecule has 1 fully saturated rings. The molecule has 96 valence electrons. The molecule has 1 aliphatic rings. The largest absolute Gasteiger partial charge is 0.399 e. The Morgan fingerprint density at radius 1 is 1.56 bits per heavy atom. The monoisotopic (exact) mass is 251 g/mol. The van der Waals surface area contributed by atoms with Crippen molar-refractivity contribution in [2.45, 2.75) is 12.5 Å². The van der Waals surface area contributed by atoms with Gasteiger partial charge in [0.15, 0.2) is 0 Å². The van der Waals surface area contributed by atoms with E-state index in [1.807, 2.05) is 0 Å². The van der Waals surface area contributed by atoms with E-state index in [1.54, 1.807) is 0 Å². The van der Waals surface area contributed by atoms with E-state index >= 15 is 0 Å². The summed E-state index contributed by atoms with van der Waals surface area (Å²) >= 11 is 0. The molecule has 0 saturated carbocycles. The number of hydrogen-bond donors (Lipinski definition) is 2. The van der Waals surface area contributed by atoms with Crippen LogP contribution in [0.1, 0.15) is 16.8 Å². The van der Waals surface area contributed by atoms with Crippen LogP contribution in [0.15, 0.2) is 18.2 Å². The lowest BCUT2D eigenvalue weighted by Gasteiger charge is -2.15. The summed E-state index contributed by atoms with van der Waals surface area (Å²) in [6, 6.07) is 3.90. The van der Waals surface area contributed by atoms with Gasteiger partial charge >= 0.3 is 0 Å². The lowest BCUT2D eigenvalue weighted by atomic mass is 10.1. The number of β-amino-alcohol motifs (C(OH)–C–C–N with tert-alkyl or cyclic N) is 1. The Hall–Kier alpha value is -2.15. The maximum absolute atomic E-state index is 12.1. The fourth-order valence-corrected chi connectivity index (χ4v) is 1.98. The van der Waals surface area contributed by atoms with E-state index in [4.69, 9.17) is 5.73 Å². The fraction of sp³-hybridized carbons (Fsp3) is 0.364. The van der Waals surface area contributed by atoms with Gasteiger partial charge in [0, 0.05) is 24.8 Å². The molecule has 1 amide bonds. The second kappa shape index (κ2) is 4.61. The van der Waals surface area contributed by atoms with Crippen LogP contribution < -0.4 is 5.73 Å². The van der Waals surface area contributed by atoms with Gasteiger partial charge in [-0.05, 0) is 18.6 Å². The van der Waals surface area contributed by atoms with Crippen LogP contribution in [0.2, 0.25) is 0 Å². The summed E-state index contributed by atoms with van der Waals surface area (Å²) in [5.41, 5.74) is 5.54. The highest BCUT2D eigenvalue weighted by Gasteiger charge is 2.29. The molecule has 0 aromatic heterocycles. The topological polar surface area (TPSA) is 110 Å². The van der Waals surface area contributed by atoms with Crippen LogP contribution in [-0.2, 0) is 0 Å². The Labute approximate surface area is 103 Å². The van der Waals surface area contributed by atoms with Crippen LogP contribution in [0.25, 0.3) is 0 Å². The van der Waals surface area contributed by atoms with Gasteiger partial charge in [0.05, 0.1) is 11.0 Å². The van der Waals surface area contributed by atoms with Gasteiger partial charge in [-0.1, -0.05) is 0 Å². The van der Waals surface area contributed by atoms with Gasteiger partial charge in [-0.2, -0.15) is 0 Å². The molecule has 0 spiro atoms. The zero-order valence-electron chi connectivity index (χ0n) is 9.57. The van der Waals surface area contributed by atoms with Crippen molar-refractivity contribution in [3.63, 3.8) is 0 Å². The summed E-state index contributed by atoms with van der Waals surface area (Å²) in [5, 5.41) is 20.2. The zero-order valence-corrected chi connectivity index (χ0v) is 9.57. The molecule has 1 aliphatic heterocycles. The molecule has 2 rings (SSSR count). The Morgan fingerprint density at radius 2 is 2.28 bits per heavy atom. The van der Waals surface area contributed by atoms with Crippen LogP contribution in [0.5, 0.6) is 0 Å². The molecule has 7 heteroatoms. The Morgan fingerprint density at radius 3 is 2.83 bits per heavy atom. The molecule has 18 heavy (non-hydrogen) atoms. The number of hydrogen-bond acceptors (Lipinski definition) is 5. The Kier molecular flexibility index (Phi) is 3.15. The quantitative estimate of drug-likeness (QED) is 0.448. The number of benzene rings is 1. The third kappa shape index (κ3) is 2.25. The highest BCUT2D eigenvalue weighted by Crippen LogP contribution is 2.24. The van der Waals surface area contributed by atoms with Crippen LogP contribution >= 0.6 is 0 Å². The van der Waals surface area contributed by atoms with E-state index in [0.29, 0.717) is 18.7 Å². The van der Waals surface area contributed by atoms with Crippen LogP contribution in [0.3, 0.4) is 0 Å². The van der Waals surface area contributed by atoms with Gasteiger partial charge in [0.2, 0.25) is 0 Å². The van der Waals surface area contributed by atoms with Crippen molar-refractivity contribution >= 4 is 17.3 Å². The van der Waals surface area contributed by atoms with Gasteiger partial charge in [-0.3, -0.25) is 14.9 Å². The first-order valence-electron chi connectivity index (χ1n) is 5.50. The number of likely N-dealkylation sites (tertiary alicyclic amines) is 1. The second-order valence-electron chi connectivity index (χ2n) is 4.23. The number of aliphatic hydroxyl groups excluding tert-OH is 1. The van der Waals surface area contributed by atoms with Crippen molar-refractivity contribution in [3.8, 4) is 0 Å². The fourth-order valence-electron chi connectivity index (χ4n) is 1.98. The molecule has 1 heterocycles. The number of nitrogens with zero attached hydrogens (tertiary/aromatic N) is 2. The van der Waals surface area contributed by atoms with Crippen molar-refractivity contribution in [1.82, 2.24) is 4.90 Å². The molecule has 1 aromatic rings. The molecule has 7 nitrogen and oxygen atoms in total. The summed E-state index contributed by atoms with van der Waals surface area (Å²) in [4.78, 5) is 23.8. The molecule has 0 aliphatic carbocycles. The van der Waals surface area contributed by atoms with E-state index in [0.717, 1.165) is 0 Å². The average Bonchev–Trinajstić information content (AvgIpc) is 2.74. The van der Waals surface area contributed by atoms with Gasteiger partial charge in [-0.25, -0.2) is 0 Å². The SMILES string of the molecule is Nc1ccc([N+](=O)[O-])c(C(=O)N2CCC(O)C2)c1. The maximum Gasteiger partial charge on any atom is 0.282 e. The average molecular weight is 251 g/mol. The number of rotatable bonds is 2. The summed E-state index contributed by atoms with van der Waals surface area (Å²) < 4.78 is 0. The van der Waals surface area contributed by atoms with Gasteiger partial charge < -0.3 is 15.7 Å². The summed E-state index contributed by atoms with van der Waals surface area (Å²) in [6.07, 6.45) is -0.0731. The number of aliphatic hydroxyl groups is 1. The summed E-state index contributed by atoms with van der Waals surface area (Å²) in [6.45, 7) is 0.594.